The van der Waals surface area contributed by atoms with Crippen LogP contribution in [0.4, 0.5) is 0 Å². The normalized spacial score (nSPS) is 30.2. The second-order valence-corrected chi connectivity index (χ2v) is 7.49. The quantitative estimate of drug-likeness (QED) is 0.668. The average Bonchev–Trinajstić information content (AvgIpc) is 2.50. The van der Waals surface area contributed by atoms with Gasteiger partial charge in [-0.15, -0.1) is 23.2 Å². The number of alkyl halides is 4. The lowest BCUT2D eigenvalue weighted by Gasteiger charge is -2.09. The molecule has 12 heavy (non-hydrogen) atoms. The Balaban J connectivity index is 2.68. The van der Waals surface area contributed by atoms with E-state index in [2.05, 4.69) is 38.8 Å². The SMILES string of the molecule is CCCC1C(Br)(Br)C1(CCl)CCl. The molecule has 1 unspecified atom stereocenters. The molecule has 0 aromatic heterocycles. The molecule has 1 aliphatic carbocycles. The van der Waals surface area contributed by atoms with E-state index in [1.807, 2.05) is 0 Å². The van der Waals surface area contributed by atoms with E-state index in [0.29, 0.717) is 17.7 Å². The van der Waals surface area contributed by atoms with Gasteiger partial charge in [0.2, 0.25) is 0 Å². The summed E-state index contributed by atoms with van der Waals surface area (Å²) >= 11 is 19.1. The highest BCUT2D eigenvalue weighted by Gasteiger charge is 2.72. The van der Waals surface area contributed by atoms with Crippen molar-refractivity contribution in [2.45, 2.75) is 23.0 Å². The molecule has 0 nitrogen and oxygen atoms in total. The Morgan fingerprint density at radius 2 is 1.75 bits per heavy atom. The molecular formula is C8H12Br2Cl2. The molecule has 0 bridgehead atoms. The molecule has 0 aromatic carbocycles. The van der Waals surface area contributed by atoms with Crippen molar-refractivity contribution in [3.63, 3.8) is 0 Å². The van der Waals surface area contributed by atoms with Crippen LogP contribution in [0.1, 0.15) is 19.8 Å². The van der Waals surface area contributed by atoms with Crippen molar-refractivity contribution in [2.75, 3.05) is 11.8 Å². The molecule has 0 N–H and O–H groups in total. The third-order valence-electron chi connectivity index (χ3n) is 2.74. The zero-order valence-electron chi connectivity index (χ0n) is 6.92. The largest absolute Gasteiger partial charge is 0.126 e. The van der Waals surface area contributed by atoms with Crippen molar-refractivity contribution >= 4 is 55.1 Å². The summed E-state index contributed by atoms with van der Waals surface area (Å²) in [5, 5.41) is 0. The van der Waals surface area contributed by atoms with Gasteiger partial charge in [0.25, 0.3) is 0 Å². The Labute approximate surface area is 101 Å². The maximum Gasteiger partial charge on any atom is 0.0922 e. The minimum absolute atomic E-state index is 0.00743. The monoisotopic (exact) mass is 336 g/mol. The summed E-state index contributed by atoms with van der Waals surface area (Å²) < 4.78 is -0.00743. The van der Waals surface area contributed by atoms with E-state index in [9.17, 15) is 0 Å². The molecule has 0 heterocycles. The molecule has 1 saturated carbocycles. The van der Waals surface area contributed by atoms with Crippen molar-refractivity contribution < 1.29 is 0 Å². The van der Waals surface area contributed by atoms with Gasteiger partial charge >= 0.3 is 0 Å². The second kappa shape index (κ2) is 3.96. The third-order valence-corrected chi connectivity index (χ3v) is 6.38. The van der Waals surface area contributed by atoms with Gasteiger partial charge in [0, 0.05) is 17.2 Å². The van der Waals surface area contributed by atoms with Crippen molar-refractivity contribution in [3.05, 3.63) is 0 Å². The predicted octanol–water partition coefficient (Wildman–Crippen LogP) is 4.37. The van der Waals surface area contributed by atoms with Crippen molar-refractivity contribution in [3.8, 4) is 0 Å². The highest BCUT2D eigenvalue weighted by atomic mass is 79.9. The summed E-state index contributed by atoms with van der Waals surface area (Å²) in [6, 6.07) is 0. The summed E-state index contributed by atoms with van der Waals surface area (Å²) in [6.45, 7) is 2.18. The van der Waals surface area contributed by atoms with Gasteiger partial charge in [-0.3, -0.25) is 0 Å². The highest BCUT2D eigenvalue weighted by Crippen LogP contribution is 2.73. The number of hydrogen-bond acceptors (Lipinski definition) is 0. The standard InChI is InChI=1S/C8H12Br2Cl2/c1-2-3-6-7(4-11,5-12)8(6,9)10/h6H,2-5H2,1H3. The van der Waals surface area contributed by atoms with Gasteiger partial charge in [0.15, 0.2) is 0 Å². The average molecular weight is 339 g/mol. The van der Waals surface area contributed by atoms with Crippen LogP contribution < -0.4 is 0 Å². The fourth-order valence-electron chi connectivity index (χ4n) is 1.74. The summed E-state index contributed by atoms with van der Waals surface area (Å²) in [5.74, 6) is 1.82. The molecule has 0 spiro atoms. The van der Waals surface area contributed by atoms with Gasteiger partial charge in [0.1, 0.15) is 0 Å². The summed E-state index contributed by atoms with van der Waals surface area (Å²) in [7, 11) is 0. The fourth-order valence-corrected chi connectivity index (χ4v) is 5.68. The van der Waals surface area contributed by atoms with Gasteiger partial charge < -0.3 is 0 Å². The first kappa shape index (κ1) is 11.6. The molecule has 0 saturated heterocycles. The first-order valence-electron chi connectivity index (χ1n) is 4.06. The van der Waals surface area contributed by atoms with Gasteiger partial charge in [-0.1, -0.05) is 45.2 Å². The van der Waals surface area contributed by atoms with E-state index in [4.69, 9.17) is 23.2 Å². The first-order valence-corrected chi connectivity index (χ1v) is 6.72. The van der Waals surface area contributed by atoms with E-state index in [-0.39, 0.29) is 8.65 Å². The number of halogens is 4. The lowest BCUT2D eigenvalue weighted by molar-refractivity contribution is 0.539. The Bertz CT molecular complexity index is 166. The Morgan fingerprint density at radius 3 is 2.00 bits per heavy atom. The zero-order chi connectivity index (χ0) is 9.41. The summed E-state index contributed by atoms with van der Waals surface area (Å²) in [5.41, 5.74) is 0.0616. The molecule has 0 aliphatic heterocycles. The molecule has 0 radical (unpaired) electrons. The second-order valence-electron chi connectivity index (χ2n) is 3.39. The van der Waals surface area contributed by atoms with E-state index in [1.54, 1.807) is 0 Å². The summed E-state index contributed by atoms with van der Waals surface area (Å²) in [4.78, 5) is 0. The van der Waals surface area contributed by atoms with Crippen molar-refractivity contribution in [2.24, 2.45) is 11.3 Å². The Morgan fingerprint density at radius 1 is 1.25 bits per heavy atom. The molecule has 1 atom stereocenters. The molecule has 1 rings (SSSR count). The number of hydrogen-bond donors (Lipinski definition) is 0. The fraction of sp³-hybridized carbons (Fsp3) is 1.00. The van der Waals surface area contributed by atoms with Gasteiger partial charge in [-0.25, -0.2) is 0 Å². The molecule has 1 fully saturated rings. The van der Waals surface area contributed by atoms with E-state index >= 15 is 0 Å². The highest BCUT2D eigenvalue weighted by molar-refractivity contribution is 9.25. The van der Waals surface area contributed by atoms with E-state index < -0.39 is 0 Å². The Hall–Kier alpha value is 1.54. The minimum atomic E-state index is -0.00743. The first-order chi connectivity index (χ1) is 5.56. The Kier molecular flexibility index (Phi) is 3.83. The summed E-state index contributed by atoms with van der Waals surface area (Å²) in [6.07, 6.45) is 2.36. The molecule has 72 valence electrons. The minimum Gasteiger partial charge on any atom is -0.126 e. The van der Waals surface area contributed by atoms with Crippen LogP contribution in [0.15, 0.2) is 0 Å². The maximum atomic E-state index is 5.93. The van der Waals surface area contributed by atoms with Gasteiger partial charge in [-0.2, -0.15) is 0 Å². The van der Waals surface area contributed by atoms with Crippen LogP contribution >= 0.6 is 55.1 Å². The van der Waals surface area contributed by atoms with Crippen molar-refractivity contribution in [1.29, 1.82) is 0 Å². The van der Waals surface area contributed by atoms with E-state index in [0.717, 1.165) is 0 Å². The van der Waals surface area contributed by atoms with Crippen LogP contribution in [-0.4, -0.2) is 15.0 Å². The van der Waals surface area contributed by atoms with E-state index in [1.165, 1.54) is 12.8 Å². The molecule has 0 aromatic rings. The van der Waals surface area contributed by atoms with Crippen LogP contribution in [0, 0.1) is 11.3 Å². The van der Waals surface area contributed by atoms with Crippen LogP contribution in [0.5, 0.6) is 0 Å². The smallest absolute Gasteiger partial charge is 0.0922 e. The molecule has 0 amide bonds. The topological polar surface area (TPSA) is 0 Å². The van der Waals surface area contributed by atoms with Gasteiger partial charge in [-0.05, 0) is 12.3 Å². The van der Waals surface area contributed by atoms with Crippen LogP contribution in [-0.2, 0) is 0 Å². The van der Waals surface area contributed by atoms with Gasteiger partial charge in [0.05, 0.1) is 3.23 Å². The van der Waals surface area contributed by atoms with Crippen molar-refractivity contribution in [1.82, 2.24) is 0 Å². The predicted molar refractivity (Wildman–Crippen MR) is 62.9 cm³/mol. The van der Waals surface area contributed by atoms with Crippen LogP contribution in [0.2, 0.25) is 0 Å². The lowest BCUT2D eigenvalue weighted by Crippen LogP contribution is -2.13. The third kappa shape index (κ3) is 1.47. The zero-order valence-corrected chi connectivity index (χ0v) is 11.6. The maximum absolute atomic E-state index is 5.93. The lowest BCUT2D eigenvalue weighted by atomic mass is 10.1. The van der Waals surface area contributed by atoms with Crippen LogP contribution in [0.25, 0.3) is 0 Å². The number of rotatable bonds is 4. The molecule has 4 heteroatoms. The van der Waals surface area contributed by atoms with Crippen LogP contribution in [0.3, 0.4) is 0 Å². The molecular weight excluding hydrogens is 327 g/mol. The molecule has 1 aliphatic rings.